The number of hydrogen-bond donors (Lipinski definition) is 1. The lowest BCUT2D eigenvalue weighted by Crippen LogP contribution is -2.32. The maximum atomic E-state index is 13.6. The van der Waals surface area contributed by atoms with Gasteiger partial charge < -0.3 is 15.5 Å². The van der Waals surface area contributed by atoms with Crippen LogP contribution < -0.4 is 15.5 Å². The molecule has 130 valence electrons. The number of carbonyl (C=O) groups excluding carboxylic acids is 2. The summed E-state index contributed by atoms with van der Waals surface area (Å²) in [4.78, 5) is 27.6. The molecule has 0 fully saturated rings. The molecule has 1 heterocycles. The molecule has 0 radical (unpaired) electrons. The SMILES string of the molecule is CN1CCCN(C(=O)Cc2ccc(C(N)=O)cc2)c2ccc(F)cc21. The fourth-order valence-corrected chi connectivity index (χ4v) is 3.05. The highest BCUT2D eigenvalue weighted by Crippen LogP contribution is 2.32. The van der Waals surface area contributed by atoms with Crippen LogP contribution in [0.3, 0.4) is 0 Å². The molecule has 0 spiro atoms. The van der Waals surface area contributed by atoms with Crippen molar-refractivity contribution in [3.05, 3.63) is 59.4 Å². The van der Waals surface area contributed by atoms with Crippen molar-refractivity contribution in [2.24, 2.45) is 5.73 Å². The highest BCUT2D eigenvalue weighted by Gasteiger charge is 2.23. The molecule has 1 aliphatic rings. The van der Waals surface area contributed by atoms with E-state index in [9.17, 15) is 14.0 Å². The van der Waals surface area contributed by atoms with E-state index in [1.54, 1.807) is 35.2 Å². The Morgan fingerprint density at radius 3 is 2.48 bits per heavy atom. The van der Waals surface area contributed by atoms with Crippen LogP contribution in [0.2, 0.25) is 0 Å². The first-order valence-corrected chi connectivity index (χ1v) is 8.15. The first-order chi connectivity index (χ1) is 12.0. The summed E-state index contributed by atoms with van der Waals surface area (Å²) >= 11 is 0. The molecule has 2 N–H and O–H groups in total. The van der Waals surface area contributed by atoms with Gasteiger partial charge in [0.15, 0.2) is 0 Å². The molecule has 2 aromatic rings. The van der Waals surface area contributed by atoms with Gasteiger partial charge in [-0.25, -0.2) is 4.39 Å². The predicted molar refractivity (Wildman–Crippen MR) is 95.3 cm³/mol. The number of anilines is 2. The third-order valence-electron chi connectivity index (χ3n) is 4.41. The summed E-state index contributed by atoms with van der Waals surface area (Å²) in [7, 11) is 1.90. The highest BCUT2D eigenvalue weighted by atomic mass is 19.1. The normalized spacial score (nSPS) is 14.0. The minimum absolute atomic E-state index is 0.0602. The van der Waals surface area contributed by atoms with Crippen molar-refractivity contribution in [3.63, 3.8) is 0 Å². The Morgan fingerprint density at radius 2 is 1.80 bits per heavy atom. The number of halogens is 1. The highest BCUT2D eigenvalue weighted by molar-refractivity contribution is 5.98. The van der Waals surface area contributed by atoms with Crippen molar-refractivity contribution in [1.82, 2.24) is 0 Å². The topological polar surface area (TPSA) is 66.6 Å². The summed E-state index contributed by atoms with van der Waals surface area (Å²) in [5.74, 6) is -0.874. The van der Waals surface area contributed by atoms with Gasteiger partial charge >= 0.3 is 0 Å². The van der Waals surface area contributed by atoms with Gasteiger partial charge in [0.05, 0.1) is 17.8 Å². The monoisotopic (exact) mass is 341 g/mol. The van der Waals surface area contributed by atoms with Crippen molar-refractivity contribution in [1.29, 1.82) is 0 Å². The average molecular weight is 341 g/mol. The largest absolute Gasteiger partial charge is 0.373 e. The second-order valence-electron chi connectivity index (χ2n) is 6.19. The maximum Gasteiger partial charge on any atom is 0.248 e. The van der Waals surface area contributed by atoms with E-state index in [2.05, 4.69) is 0 Å². The molecule has 0 aliphatic carbocycles. The van der Waals surface area contributed by atoms with Gasteiger partial charge in [0.1, 0.15) is 5.82 Å². The Balaban J connectivity index is 1.84. The van der Waals surface area contributed by atoms with Crippen LogP contribution >= 0.6 is 0 Å². The van der Waals surface area contributed by atoms with Gasteiger partial charge in [0, 0.05) is 25.7 Å². The zero-order chi connectivity index (χ0) is 18.0. The standard InChI is InChI=1S/C19H20FN3O2/c1-22-9-2-10-23(16-8-7-15(20)12-17(16)22)18(24)11-13-3-5-14(6-4-13)19(21)25/h3-8,12H,2,9-11H2,1H3,(H2,21,25). The number of amides is 2. The van der Waals surface area contributed by atoms with Crippen molar-refractivity contribution in [2.75, 3.05) is 29.9 Å². The molecule has 0 saturated carbocycles. The summed E-state index contributed by atoms with van der Waals surface area (Å²) in [6.07, 6.45) is 1.01. The van der Waals surface area contributed by atoms with Crippen molar-refractivity contribution in [2.45, 2.75) is 12.8 Å². The second kappa shape index (κ2) is 6.93. The molecule has 5 nitrogen and oxygen atoms in total. The Labute approximate surface area is 145 Å². The molecule has 0 bridgehead atoms. The summed E-state index contributed by atoms with van der Waals surface area (Å²) in [5.41, 5.74) is 7.88. The van der Waals surface area contributed by atoms with Gasteiger partial charge in [-0.2, -0.15) is 0 Å². The maximum absolute atomic E-state index is 13.6. The summed E-state index contributed by atoms with van der Waals surface area (Å²) in [5, 5.41) is 0. The van der Waals surface area contributed by atoms with Crippen LogP contribution in [-0.4, -0.2) is 32.0 Å². The molecule has 1 aliphatic heterocycles. The lowest BCUT2D eigenvalue weighted by molar-refractivity contribution is -0.118. The molecule has 6 heteroatoms. The molecule has 0 saturated heterocycles. The zero-order valence-corrected chi connectivity index (χ0v) is 14.0. The number of nitrogens with two attached hydrogens (primary N) is 1. The molecule has 0 atom stereocenters. The number of benzene rings is 2. The van der Waals surface area contributed by atoms with Crippen molar-refractivity contribution < 1.29 is 14.0 Å². The van der Waals surface area contributed by atoms with Crippen LogP contribution in [0, 0.1) is 5.82 Å². The number of carbonyl (C=O) groups is 2. The Morgan fingerprint density at radius 1 is 1.08 bits per heavy atom. The van der Waals surface area contributed by atoms with E-state index < -0.39 is 5.91 Å². The van der Waals surface area contributed by atoms with E-state index in [1.807, 2.05) is 11.9 Å². The molecule has 3 rings (SSSR count). The summed E-state index contributed by atoms with van der Waals surface area (Å²) < 4.78 is 13.6. The van der Waals surface area contributed by atoms with Gasteiger partial charge in [0.2, 0.25) is 11.8 Å². The van der Waals surface area contributed by atoms with Crippen LogP contribution in [0.5, 0.6) is 0 Å². The Hall–Kier alpha value is -2.89. The number of primary amides is 1. The van der Waals surface area contributed by atoms with E-state index in [-0.39, 0.29) is 18.1 Å². The fraction of sp³-hybridized carbons (Fsp3) is 0.263. The van der Waals surface area contributed by atoms with E-state index in [0.29, 0.717) is 12.1 Å². The predicted octanol–water partition coefficient (Wildman–Crippen LogP) is 2.34. The van der Waals surface area contributed by atoms with E-state index in [4.69, 9.17) is 5.73 Å². The van der Waals surface area contributed by atoms with Crippen LogP contribution in [-0.2, 0) is 11.2 Å². The van der Waals surface area contributed by atoms with Crippen LogP contribution in [0.25, 0.3) is 0 Å². The average Bonchev–Trinajstić information content (AvgIpc) is 2.74. The van der Waals surface area contributed by atoms with Crippen LogP contribution in [0.15, 0.2) is 42.5 Å². The van der Waals surface area contributed by atoms with Gasteiger partial charge in [-0.15, -0.1) is 0 Å². The molecular weight excluding hydrogens is 321 g/mol. The van der Waals surface area contributed by atoms with E-state index >= 15 is 0 Å². The van der Waals surface area contributed by atoms with E-state index in [0.717, 1.165) is 29.9 Å². The van der Waals surface area contributed by atoms with Gasteiger partial charge in [-0.3, -0.25) is 9.59 Å². The number of fused-ring (bicyclic) bond motifs is 1. The first-order valence-electron chi connectivity index (χ1n) is 8.15. The van der Waals surface area contributed by atoms with Crippen molar-refractivity contribution >= 4 is 23.2 Å². The molecule has 2 aromatic carbocycles. The Kier molecular flexibility index (Phi) is 4.70. The summed E-state index contributed by atoms with van der Waals surface area (Å²) in [6, 6.07) is 11.2. The van der Waals surface area contributed by atoms with Gasteiger partial charge in [-0.05, 0) is 42.3 Å². The molecule has 0 unspecified atom stereocenters. The number of hydrogen-bond acceptors (Lipinski definition) is 3. The number of rotatable bonds is 3. The number of nitrogens with zero attached hydrogens (tertiary/aromatic N) is 2. The minimum atomic E-state index is -0.496. The lowest BCUT2D eigenvalue weighted by atomic mass is 10.1. The summed E-state index contributed by atoms with van der Waals surface area (Å²) in [6.45, 7) is 1.34. The van der Waals surface area contributed by atoms with Crippen molar-refractivity contribution in [3.8, 4) is 0 Å². The second-order valence-corrected chi connectivity index (χ2v) is 6.19. The quantitative estimate of drug-likeness (QED) is 0.932. The molecule has 2 amide bonds. The Bertz CT molecular complexity index is 805. The zero-order valence-electron chi connectivity index (χ0n) is 14.0. The first kappa shape index (κ1) is 17.0. The molecule has 0 aromatic heterocycles. The van der Waals surface area contributed by atoms with Gasteiger partial charge in [-0.1, -0.05) is 12.1 Å². The van der Waals surface area contributed by atoms with Crippen LogP contribution in [0.1, 0.15) is 22.3 Å². The third kappa shape index (κ3) is 3.63. The van der Waals surface area contributed by atoms with Crippen LogP contribution in [0.4, 0.5) is 15.8 Å². The van der Waals surface area contributed by atoms with Gasteiger partial charge in [0.25, 0.3) is 0 Å². The smallest absolute Gasteiger partial charge is 0.248 e. The molecular formula is C19H20FN3O2. The third-order valence-corrected chi connectivity index (χ3v) is 4.41. The minimum Gasteiger partial charge on any atom is -0.373 e. The fourth-order valence-electron chi connectivity index (χ4n) is 3.05. The lowest BCUT2D eigenvalue weighted by Gasteiger charge is -2.24. The molecule has 25 heavy (non-hydrogen) atoms. The van der Waals surface area contributed by atoms with E-state index in [1.165, 1.54) is 12.1 Å².